The van der Waals surface area contributed by atoms with Crippen LogP contribution >= 0.6 is 0 Å². The molecule has 0 fully saturated rings. The van der Waals surface area contributed by atoms with Gasteiger partial charge in [-0.25, -0.2) is 0 Å². The van der Waals surface area contributed by atoms with Crippen molar-refractivity contribution in [3.05, 3.63) is 76.6 Å². The molecule has 0 aliphatic rings. The molecular formula is C23H20N4O4. The van der Waals surface area contributed by atoms with Crippen LogP contribution in [-0.4, -0.2) is 37.8 Å². The number of benzene rings is 2. The number of aldehydes is 1. The standard InChI is InChI=1S/C23H20N4O4/c1-3-27-20(9-13(2)26-27)23(31)24-16-6-4-5-14(10-16)21(29)15-7-8-19-17(11-15)18(12-28)22(30)25-19/h4-12,25,30H,3H2,1-2H3,(H,24,31). The predicted molar refractivity (Wildman–Crippen MR) is 116 cm³/mol. The third-order valence-electron chi connectivity index (χ3n) is 5.01. The summed E-state index contributed by atoms with van der Waals surface area (Å²) in [6.07, 6.45) is 0.543. The summed E-state index contributed by atoms with van der Waals surface area (Å²) in [5.41, 5.74) is 3.06. The van der Waals surface area contributed by atoms with Crippen LogP contribution in [0.15, 0.2) is 48.5 Å². The first-order valence-corrected chi connectivity index (χ1v) is 9.71. The molecule has 8 heteroatoms. The maximum Gasteiger partial charge on any atom is 0.273 e. The summed E-state index contributed by atoms with van der Waals surface area (Å²) in [5, 5.41) is 17.4. The van der Waals surface area contributed by atoms with Crippen molar-refractivity contribution in [1.82, 2.24) is 14.8 Å². The van der Waals surface area contributed by atoms with Crippen molar-refractivity contribution in [3.8, 4) is 5.88 Å². The molecule has 4 rings (SSSR count). The fraction of sp³-hybridized carbons (Fsp3) is 0.130. The number of nitrogens with zero attached hydrogens (tertiary/aromatic N) is 2. The van der Waals surface area contributed by atoms with Crippen molar-refractivity contribution in [2.45, 2.75) is 20.4 Å². The average Bonchev–Trinajstić information content (AvgIpc) is 3.31. The van der Waals surface area contributed by atoms with Crippen LogP contribution in [0.25, 0.3) is 10.9 Å². The maximum atomic E-state index is 13.0. The Morgan fingerprint density at radius 3 is 2.68 bits per heavy atom. The Balaban J connectivity index is 1.62. The number of amides is 1. The first kappa shape index (κ1) is 20.1. The molecule has 2 aromatic heterocycles. The number of carbonyl (C=O) groups excluding carboxylic acids is 3. The molecule has 2 aromatic carbocycles. The van der Waals surface area contributed by atoms with Gasteiger partial charge in [0.2, 0.25) is 0 Å². The molecule has 0 radical (unpaired) electrons. The molecule has 0 aliphatic carbocycles. The van der Waals surface area contributed by atoms with E-state index in [1.165, 1.54) is 0 Å². The van der Waals surface area contributed by atoms with Crippen LogP contribution in [-0.2, 0) is 6.54 Å². The lowest BCUT2D eigenvalue weighted by atomic mass is 10.0. The van der Waals surface area contributed by atoms with E-state index in [0.717, 1.165) is 5.69 Å². The molecule has 0 saturated heterocycles. The predicted octanol–water partition coefficient (Wildman–Crippen LogP) is 3.69. The van der Waals surface area contributed by atoms with Gasteiger partial charge in [-0.15, -0.1) is 0 Å². The van der Waals surface area contributed by atoms with Gasteiger partial charge in [0, 0.05) is 34.3 Å². The largest absolute Gasteiger partial charge is 0.494 e. The van der Waals surface area contributed by atoms with Gasteiger partial charge in [0.25, 0.3) is 5.91 Å². The summed E-state index contributed by atoms with van der Waals surface area (Å²) in [5.74, 6) is -0.822. The molecule has 156 valence electrons. The number of hydrogen-bond donors (Lipinski definition) is 3. The second-order valence-electron chi connectivity index (χ2n) is 7.12. The third kappa shape index (κ3) is 3.71. The van der Waals surface area contributed by atoms with E-state index in [9.17, 15) is 19.5 Å². The number of nitrogens with one attached hydrogen (secondary N) is 2. The van der Waals surface area contributed by atoms with Gasteiger partial charge in [0.05, 0.1) is 11.3 Å². The second kappa shape index (κ2) is 7.91. The number of aromatic nitrogens is 3. The first-order valence-electron chi connectivity index (χ1n) is 9.71. The van der Waals surface area contributed by atoms with E-state index in [2.05, 4.69) is 15.4 Å². The highest BCUT2D eigenvalue weighted by atomic mass is 16.3. The fourth-order valence-corrected chi connectivity index (χ4v) is 3.53. The van der Waals surface area contributed by atoms with Crippen LogP contribution < -0.4 is 5.32 Å². The monoisotopic (exact) mass is 416 g/mol. The summed E-state index contributed by atoms with van der Waals surface area (Å²) in [7, 11) is 0. The number of fused-ring (bicyclic) bond motifs is 1. The van der Waals surface area contributed by atoms with Crippen LogP contribution in [0.5, 0.6) is 5.88 Å². The Labute approximate surface area is 177 Å². The number of H-pyrrole nitrogens is 1. The highest BCUT2D eigenvalue weighted by Gasteiger charge is 2.17. The summed E-state index contributed by atoms with van der Waals surface area (Å²) < 4.78 is 1.62. The smallest absolute Gasteiger partial charge is 0.273 e. The van der Waals surface area contributed by atoms with Gasteiger partial charge in [0.15, 0.2) is 17.9 Å². The molecule has 0 saturated carbocycles. The highest BCUT2D eigenvalue weighted by Crippen LogP contribution is 2.27. The van der Waals surface area contributed by atoms with Crippen molar-refractivity contribution in [1.29, 1.82) is 0 Å². The minimum Gasteiger partial charge on any atom is -0.494 e. The first-order chi connectivity index (χ1) is 14.9. The summed E-state index contributed by atoms with van der Waals surface area (Å²) in [4.78, 5) is 39.6. The number of aromatic amines is 1. The Kier molecular flexibility index (Phi) is 5.12. The lowest BCUT2D eigenvalue weighted by molar-refractivity contribution is 0.101. The number of carbonyl (C=O) groups is 3. The molecule has 31 heavy (non-hydrogen) atoms. The van der Waals surface area contributed by atoms with Crippen molar-refractivity contribution in [2.24, 2.45) is 0 Å². The van der Waals surface area contributed by atoms with E-state index >= 15 is 0 Å². The van der Waals surface area contributed by atoms with Crippen molar-refractivity contribution >= 4 is 34.6 Å². The Bertz CT molecular complexity index is 1330. The molecule has 0 unspecified atom stereocenters. The van der Waals surface area contributed by atoms with E-state index in [4.69, 9.17) is 0 Å². The molecule has 0 atom stereocenters. The molecule has 3 N–H and O–H groups in total. The lowest BCUT2D eigenvalue weighted by Crippen LogP contribution is -2.17. The van der Waals surface area contributed by atoms with Gasteiger partial charge in [-0.2, -0.15) is 5.10 Å². The zero-order valence-corrected chi connectivity index (χ0v) is 17.0. The van der Waals surface area contributed by atoms with Crippen molar-refractivity contribution in [2.75, 3.05) is 5.32 Å². The van der Waals surface area contributed by atoms with Gasteiger partial charge in [0.1, 0.15) is 5.69 Å². The molecule has 2 heterocycles. The van der Waals surface area contributed by atoms with Gasteiger partial charge < -0.3 is 15.4 Å². The van der Waals surface area contributed by atoms with Crippen LogP contribution in [0.3, 0.4) is 0 Å². The van der Waals surface area contributed by atoms with E-state index in [1.807, 2.05) is 13.8 Å². The second-order valence-corrected chi connectivity index (χ2v) is 7.12. The number of aryl methyl sites for hydroxylation is 2. The highest BCUT2D eigenvalue weighted by molar-refractivity contribution is 6.13. The topological polar surface area (TPSA) is 117 Å². The van der Waals surface area contributed by atoms with E-state index in [0.29, 0.717) is 46.2 Å². The van der Waals surface area contributed by atoms with Crippen molar-refractivity contribution < 1.29 is 19.5 Å². The van der Waals surface area contributed by atoms with Crippen LogP contribution in [0.4, 0.5) is 5.69 Å². The Morgan fingerprint density at radius 2 is 1.94 bits per heavy atom. The number of anilines is 1. The fourth-order valence-electron chi connectivity index (χ4n) is 3.53. The molecule has 0 aliphatic heterocycles. The third-order valence-corrected chi connectivity index (χ3v) is 5.01. The van der Waals surface area contributed by atoms with Gasteiger partial charge in [-0.3, -0.25) is 19.1 Å². The minimum absolute atomic E-state index is 0.105. The van der Waals surface area contributed by atoms with E-state index in [-0.39, 0.29) is 23.1 Å². The lowest BCUT2D eigenvalue weighted by Gasteiger charge is -2.08. The van der Waals surface area contributed by atoms with Crippen molar-refractivity contribution in [3.63, 3.8) is 0 Å². The van der Waals surface area contributed by atoms with Gasteiger partial charge in [-0.1, -0.05) is 12.1 Å². The summed E-state index contributed by atoms with van der Waals surface area (Å²) >= 11 is 0. The molecule has 8 nitrogen and oxygen atoms in total. The number of ketones is 1. The molecule has 1 amide bonds. The van der Waals surface area contributed by atoms with E-state index in [1.54, 1.807) is 53.2 Å². The Morgan fingerprint density at radius 1 is 1.16 bits per heavy atom. The van der Waals surface area contributed by atoms with Crippen LogP contribution in [0, 0.1) is 6.92 Å². The number of aromatic hydroxyl groups is 1. The number of rotatable bonds is 6. The van der Waals surface area contributed by atoms with Gasteiger partial charge in [-0.05, 0) is 50.2 Å². The molecule has 0 bridgehead atoms. The summed E-state index contributed by atoms with van der Waals surface area (Å²) in [6, 6.07) is 13.1. The number of hydrogen-bond acceptors (Lipinski definition) is 5. The molecule has 4 aromatic rings. The normalized spacial score (nSPS) is 10.9. The Hall–Kier alpha value is -4.20. The molecular weight excluding hydrogens is 396 g/mol. The van der Waals surface area contributed by atoms with E-state index < -0.39 is 0 Å². The maximum absolute atomic E-state index is 13.0. The minimum atomic E-state index is -0.313. The zero-order chi connectivity index (χ0) is 22.1. The quantitative estimate of drug-likeness (QED) is 0.327. The van der Waals surface area contributed by atoms with Crippen LogP contribution in [0.1, 0.15) is 49.4 Å². The molecule has 0 spiro atoms. The van der Waals surface area contributed by atoms with Crippen LogP contribution in [0.2, 0.25) is 0 Å². The zero-order valence-electron chi connectivity index (χ0n) is 17.0. The average molecular weight is 416 g/mol. The summed E-state index contributed by atoms with van der Waals surface area (Å²) in [6.45, 7) is 4.29. The SMILES string of the molecule is CCn1nc(C)cc1C(=O)Nc1cccc(C(=O)c2ccc3[nH]c(O)c(C=O)c3c2)c1. The van der Waals surface area contributed by atoms with Gasteiger partial charge >= 0.3 is 0 Å².